The van der Waals surface area contributed by atoms with Gasteiger partial charge in [0.2, 0.25) is 5.91 Å². The molecule has 30 heavy (non-hydrogen) atoms. The number of rotatable bonds is 8. The van der Waals surface area contributed by atoms with Gasteiger partial charge in [-0.2, -0.15) is 0 Å². The van der Waals surface area contributed by atoms with Gasteiger partial charge in [-0.25, -0.2) is 4.98 Å². The molecule has 3 aromatic rings. The zero-order chi connectivity index (χ0) is 20.8. The van der Waals surface area contributed by atoms with Crippen molar-refractivity contribution in [3.8, 4) is 5.75 Å². The first-order valence-electron chi connectivity index (χ1n) is 10.4. The van der Waals surface area contributed by atoms with Crippen molar-refractivity contribution < 1.29 is 9.53 Å². The fourth-order valence-corrected chi connectivity index (χ4v) is 4.76. The molecule has 6 heteroatoms. The second kappa shape index (κ2) is 9.87. The van der Waals surface area contributed by atoms with Gasteiger partial charge in [-0.3, -0.25) is 9.69 Å². The molecule has 2 heterocycles. The van der Waals surface area contributed by atoms with Gasteiger partial charge in [0.15, 0.2) is 0 Å². The van der Waals surface area contributed by atoms with Crippen LogP contribution in [0.3, 0.4) is 0 Å². The molecule has 1 saturated heterocycles. The maximum atomic E-state index is 13.0. The van der Waals surface area contributed by atoms with Crippen molar-refractivity contribution in [2.24, 2.45) is 0 Å². The minimum Gasteiger partial charge on any atom is -0.494 e. The van der Waals surface area contributed by atoms with E-state index in [1.54, 1.807) is 17.5 Å². The Morgan fingerprint density at radius 2 is 2.03 bits per heavy atom. The molecule has 0 aliphatic carbocycles. The van der Waals surface area contributed by atoms with Crippen molar-refractivity contribution in [3.05, 3.63) is 82.3 Å². The fourth-order valence-electron chi connectivity index (χ4n) is 4.05. The third kappa shape index (κ3) is 4.89. The van der Waals surface area contributed by atoms with Crippen LogP contribution in [0.15, 0.2) is 66.2 Å². The third-order valence-corrected chi connectivity index (χ3v) is 6.26. The number of benzene rings is 2. The monoisotopic (exact) mass is 421 g/mol. The number of thiazole rings is 1. The Labute approximate surface area is 181 Å². The topological polar surface area (TPSA) is 54.5 Å². The van der Waals surface area contributed by atoms with Gasteiger partial charge in [0, 0.05) is 17.6 Å². The molecular weight excluding hydrogens is 394 g/mol. The lowest BCUT2D eigenvalue weighted by atomic mass is 10.0. The van der Waals surface area contributed by atoms with E-state index >= 15 is 0 Å². The van der Waals surface area contributed by atoms with Crippen molar-refractivity contribution in [1.29, 1.82) is 0 Å². The zero-order valence-corrected chi connectivity index (χ0v) is 18.0. The van der Waals surface area contributed by atoms with Crippen LogP contribution >= 0.6 is 11.3 Å². The molecule has 1 amide bonds. The van der Waals surface area contributed by atoms with Crippen molar-refractivity contribution in [1.82, 2.24) is 15.2 Å². The zero-order valence-electron chi connectivity index (χ0n) is 17.2. The highest BCUT2D eigenvalue weighted by Crippen LogP contribution is 2.32. The number of hydrogen-bond acceptors (Lipinski definition) is 5. The van der Waals surface area contributed by atoms with Crippen LogP contribution in [0.2, 0.25) is 0 Å². The average Bonchev–Trinajstić information content (AvgIpc) is 3.46. The molecule has 1 N–H and O–H groups in total. The maximum absolute atomic E-state index is 13.0. The van der Waals surface area contributed by atoms with Crippen molar-refractivity contribution >= 4 is 17.2 Å². The molecule has 1 aromatic heterocycles. The van der Waals surface area contributed by atoms with Crippen LogP contribution in [0.5, 0.6) is 5.75 Å². The first-order valence-corrected chi connectivity index (χ1v) is 11.3. The predicted octanol–water partition coefficient (Wildman–Crippen LogP) is 4.58. The standard InChI is InChI=1S/C24H27N3O2S/c1-2-29-20-12-10-18(11-13-20)21-9-6-15-27(21)17-22(28)26-23(24-25-14-16-30-24)19-7-4-3-5-8-19/h3-5,7-8,10-14,16,21,23H,2,6,9,15,17H2,1H3,(H,26,28). The molecule has 0 saturated carbocycles. The minimum atomic E-state index is -0.217. The summed E-state index contributed by atoms with van der Waals surface area (Å²) >= 11 is 1.56. The van der Waals surface area contributed by atoms with Gasteiger partial charge in [-0.05, 0) is 49.6 Å². The smallest absolute Gasteiger partial charge is 0.235 e. The van der Waals surface area contributed by atoms with Gasteiger partial charge in [-0.15, -0.1) is 11.3 Å². The molecule has 0 bridgehead atoms. The number of carbonyl (C=O) groups is 1. The Morgan fingerprint density at radius 1 is 1.23 bits per heavy atom. The summed E-state index contributed by atoms with van der Waals surface area (Å²) in [6.07, 6.45) is 3.94. The van der Waals surface area contributed by atoms with E-state index in [2.05, 4.69) is 27.3 Å². The molecule has 2 unspecified atom stereocenters. The van der Waals surface area contributed by atoms with Crippen LogP contribution < -0.4 is 10.1 Å². The Bertz CT molecular complexity index is 929. The quantitative estimate of drug-likeness (QED) is 0.578. The first kappa shape index (κ1) is 20.6. The SMILES string of the molecule is CCOc1ccc(C2CCCN2CC(=O)NC(c2ccccc2)c2nccs2)cc1. The lowest BCUT2D eigenvalue weighted by molar-refractivity contribution is -0.123. The highest BCUT2D eigenvalue weighted by Gasteiger charge is 2.29. The van der Waals surface area contributed by atoms with E-state index in [0.29, 0.717) is 13.2 Å². The first-order chi connectivity index (χ1) is 14.7. The number of nitrogens with zero attached hydrogens (tertiary/aromatic N) is 2. The molecule has 4 rings (SSSR count). The lowest BCUT2D eigenvalue weighted by Gasteiger charge is -2.26. The Morgan fingerprint density at radius 3 is 2.73 bits per heavy atom. The molecular formula is C24H27N3O2S. The fraction of sp³-hybridized carbons (Fsp3) is 0.333. The van der Waals surface area contributed by atoms with Crippen LogP contribution in [0.4, 0.5) is 0 Å². The minimum absolute atomic E-state index is 0.0249. The van der Waals surface area contributed by atoms with Crippen molar-refractivity contribution in [3.63, 3.8) is 0 Å². The second-order valence-corrected chi connectivity index (χ2v) is 8.34. The number of amides is 1. The molecule has 2 aromatic carbocycles. The van der Waals surface area contributed by atoms with Crippen LogP contribution in [0.1, 0.15) is 48.0 Å². The van der Waals surface area contributed by atoms with E-state index in [9.17, 15) is 4.79 Å². The van der Waals surface area contributed by atoms with E-state index in [0.717, 1.165) is 35.7 Å². The summed E-state index contributed by atoms with van der Waals surface area (Å²) in [4.78, 5) is 19.7. The molecule has 0 spiro atoms. The summed E-state index contributed by atoms with van der Waals surface area (Å²) in [5.74, 6) is 0.912. The Hall–Kier alpha value is -2.70. The molecule has 1 fully saturated rings. The average molecular weight is 422 g/mol. The molecule has 156 valence electrons. The lowest BCUT2D eigenvalue weighted by Crippen LogP contribution is -2.39. The number of carbonyl (C=O) groups excluding carboxylic acids is 1. The molecule has 1 aliphatic rings. The van der Waals surface area contributed by atoms with Gasteiger partial charge >= 0.3 is 0 Å². The summed E-state index contributed by atoms with van der Waals surface area (Å²) in [6.45, 7) is 3.96. The summed E-state index contributed by atoms with van der Waals surface area (Å²) in [7, 11) is 0. The van der Waals surface area contributed by atoms with Gasteiger partial charge in [0.1, 0.15) is 16.8 Å². The third-order valence-electron chi connectivity index (χ3n) is 5.42. The number of ether oxygens (including phenoxy) is 1. The summed E-state index contributed by atoms with van der Waals surface area (Å²) in [5, 5.41) is 6.05. The Balaban J connectivity index is 1.44. The Kier molecular flexibility index (Phi) is 6.77. The number of likely N-dealkylation sites (tertiary alicyclic amines) is 1. The predicted molar refractivity (Wildman–Crippen MR) is 120 cm³/mol. The van der Waals surface area contributed by atoms with Gasteiger partial charge in [0.25, 0.3) is 0 Å². The van der Waals surface area contributed by atoms with Crippen molar-refractivity contribution in [2.45, 2.75) is 31.8 Å². The maximum Gasteiger partial charge on any atom is 0.235 e. The molecule has 0 radical (unpaired) electrons. The van der Waals surface area contributed by atoms with Crippen LogP contribution in [-0.2, 0) is 4.79 Å². The van der Waals surface area contributed by atoms with Crippen molar-refractivity contribution in [2.75, 3.05) is 19.7 Å². The van der Waals surface area contributed by atoms with Gasteiger partial charge in [0.05, 0.1) is 13.2 Å². The summed E-state index contributed by atoms with van der Waals surface area (Å²) < 4.78 is 5.55. The molecule has 2 atom stereocenters. The highest BCUT2D eigenvalue weighted by molar-refractivity contribution is 7.09. The van der Waals surface area contributed by atoms with E-state index in [4.69, 9.17) is 4.74 Å². The largest absolute Gasteiger partial charge is 0.494 e. The molecule has 5 nitrogen and oxygen atoms in total. The number of aromatic nitrogens is 1. The van der Waals surface area contributed by atoms with E-state index in [1.807, 2.05) is 54.8 Å². The summed E-state index contributed by atoms with van der Waals surface area (Å²) in [6, 6.07) is 18.3. The second-order valence-electron chi connectivity index (χ2n) is 7.41. The van der Waals surface area contributed by atoms with E-state index in [1.165, 1.54) is 5.56 Å². The van der Waals surface area contributed by atoms with Crippen LogP contribution in [-0.4, -0.2) is 35.5 Å². The van der Waals surface area contributed by atoms with Gasteiger partial charge < -0.3 is 10.1 Å². The van der Waals surface area contributed by atoms with E-state index < -0.39 is 0 Å². The van der Waals surface area contributed by atoms with Crippen LogP contribution in [0, 0.1) is 0 Å². The van der Waals surface area contributed by atoms with Gasteiger partial charge in [-0.1, -0.05) is 42.5 Å². The summed E-state index contributed by atoms with van der Waals surface area (Å²) in [5.41, 5.74) is 2.29. The highest BCUT2D eigenvalue weighted by atomic mass is 32.1. The normalized spacial score (nSPS) is 17.6. The van der Waals surface area contributed by atoms with E-state index in [-0.39, 0.29) is 18.0 Å². The number of hydrogen-bond donors (Lipinski definition) is 1. The van der Waals surface area contributed by atoms with Crippen LogP contribution in [0.25, 0.3) is 0 Å². The molecule has 1 aliphatic heterocycles. The number of nitrogens with one attached hydrogen (secondary N) is 1.